The molecule has 2 N–H and O–H groups in total. The van der Waals surface area contributed by atoms with Gasteiger partial charge in [0.15, 0.2) is 0 Å². The van der Waals surface area contributed by atoms with Crippen LogP contribution in [-0.4, -0.2) is 54.7 Å². The maximum absolute atomic E-state index is 12.7. The quantitative estimate of drug-likeness (QED) is 0.806. The Balaban J connectivity index is 0.00000280. The van der Waals surface area contributed by atoms with Crippen molar-refractivity contribution in [2.45, 2.75) is 18.6 Å². The molecule has 1 heterocycles. The molecule has 2 aromatic rings. The van der Waals surface area contributed by atoms with Gasteiger partial charge in [0.25, 0.3) is 0 Å². The molecule has 1 aliphatic heterocycles. The van der Waals surface area contributed by atoms with Gasteiger partial charge in [0.2, 0.25) is 0 Å². The van der Waals surface area contributed by atoms with Crippen LogP contribution in [0.2, 0.25) is 0 Å². The minimum absolute atomic E-state index is 0. The zero-order chi connectivity index (χ0) is 19.3. The van der Waals surface area contributed by atoms with Gasteiger partial charge in [-0.1, -0.05) is 60.7 Å². The van der Waals surface area contributed by atoms with Crippen LogP contribution in [0.4, 0.5) is 4.79 Å². The molecule has 1 aliphatic rings. The number of halogens is 1. The Kier molecular flexibility index (Phi) is 7.87. The lowest BCUT2D eigenvalue weighted by Crippen LogP contribution is -2.56. The largest absolute Gasteiger partial charge is 0.385 e. The van der Waals surface area contributed by atoms with Gasteiger partial charge in [-0.3, -0.25) is 0 Å². The number of piperidine rings is 1. The highest BCUT2D eigenvalue weighted by molar-refractivity contribution is 5.85. The molecule has 28 heavy (non-hydrogen) atoms. The third-order valence-electron chi connectivity index (χ3n) is 5.31. The van der Waals surface area contributed by atoms with Crippen LogP contribution >= 0.6 is 12.4 Å². The van der Waals surface area contributed by atoms with E-state index in [1.54, 1.807) is 0 Å². The van der Waals surface area contributed by atoms with E-state index in [9.17, 15) is 9.90 Å². The first-order chi connectivity index (χ1) is 13.0. The first-order valence-corrected chi connectivity index (χ1v) is 9.48. The second kappa shape index (κ2) is 9.92. The van der Waals surface area contributed by atoms with E-state index in [2.05, 4.69) is 10.2 Å². The van der Waals surface area contributed by atoms with Gasteiger partial charge in [0.1, 0.15) is 0 Å². The van der Waals surface area contributed by atoms with Crippen LogP contribution in [0.15, 0.2) is 60.7 Å². The number of benzene rings is 2. The van der Waals surface area contributed by atoms with Crippen LogP contribution in [0.3, 0.4) is 0 Å². The van der Waals surface area contributed by atoms with Gasteiger partial charge < -0.3 is 20.2 Å². The maximum Gasteiger partial charge on any atom is 0.317 e. The van der Waals surface area contributed by atoms with Crippen LogP contribution in [-0.2, 0) is 12.1 Å². The molecule has 0 bridgehead atoms. The first kappa shape index (κ1) is 22.2. The molecule has 6 heteroatoms. The normalized spacial score (nSPS) is 21.9. The third kappa shape index (κ3) is 5.25. The van der Waals surface area contributed by atoms with Gasteiger partial charge in [0.05, 0.1) is 5.60 Å². The second-order valence-electron chi connectivity index (χ2n) is 7.59. The van der Waals surface area contributed by atoms with Gasteiger partial charge in [-0.25, -0.2) is 4.79 Å². The molecule has 0 aliphatic carbocycles. The summed E-state index contributed by atoms with van der Waals surface area (Å²) in [6, 6.07) is 19.7. The molecular formula is C22H30ClN3O2. The Bertz CT molecular complexity index is 742. The van der Waals surface area contributed by atoms with E-state index in [1.807, 2.05) is 79.7 Å². The Morgan fingerprint density at radius 2 is 1.75 bits per heavy atom. The fourth-order valence-electron chi connectivity index (χ4n) is 3.84. The molecule has 2 aromatic carbocycles. The molecule has 152 valence electrons. The van der Waals surface area contributed by atoms with Crippen LogP contribution < -0.4 is 5.32 Å². The van der Waals surface area contributed by atoms with Gasteiger partial charge in [0, 0.05) is 32.1 Å². The summed E-state index contributed by atoms with van der Waals surface area (Å²) < 4.78 is 0. The third-order valence-corrected chi connectivity index (χ3v) is 5.31. The van der Waals surface area contributed by atoms with Crippen molar-refractivity contribution in [2.24, 2.45) is 5.92 Å². The standard InChI is InChI=1S/C22H29N3O2.ClH/c1-24(2)16-20-17-25(21(26)23-15-18-9-5-3-6-10-18)14-13-22(20,27)19-11-7-4-8-12-19;/h3-12,20,27H,13-17H2,1-2H3,(H,23,26);1H. The molecule has 0 saturated carbocycles. The molecule has 5 nitrogen and oxygen atoms in total. The summed E-state index contributed by atoms with van der Waals surface area (Å²) in [7, 11) is 4.00. The maximum atomic E-state index is 12.7. The van der Waals surface area contributed by atoms with Crippen molar-refractivity contribution in [1.82, 2.24) is 15.1 Å². The van der Waals surface area contributed by atoms with Crippen molar-refractivity contribution in [3.8, 4) is 0 Å². The predicted octanol–water partition coefficient (Wildman–Crippen LogP) is 3.09. The molecule has 1 saturated heterocycles. The molecule has 3 rings (SSSR count). The molecule has 0 aromatic heterocycles. The number of hydrogen-bond donors (Lipinski definition) is 2. The average molecular weight is 404 g/mol. The first-order valence-electron chi connectivity index (χ1n) is 9.48. The number of carbonyl (C=O) groups excluding carboxylic acids is 1. The lowest BCUT2D eigenvalue weighted by molar-refractivity contribution is -0.0757. The van der Waals surface area contributed by atoms with Gasteiger partial charge in [-0.15, -0.1) is 12.4 Å². The van der Waals surface area contributed by atoms with E-state index in [-0.39, 0.29) is 24.4 Å². The Morgan fingerprint density at radius 3 is 2.36 bits per heavy atom. The highest BCUT2D eigenvalue weighted by Gasteiger charge is 2.43. The van der Waals surface area contributed by atoms with Crippen LogP contribution in [0.1, 0.15) is 17.5 Å². The fraction of sp³-hybridized carbons (Fsp3) is 0.409. The van der Waals surface area contributed by atoms with Crippen molar-refractivity contribution in [2.75, 3.05) is 33.7 Å². The summed E-state index contributed by atoms with van der Waals surface area (Å²) in [4.78, 5) is 16.6. The Labute approximate surface area is 173 Å². The van der Waals surface area contributed by atoms with Crippen molar-refractivity contribution in [3.05, 3.63) is 71.8 Å². The summed E-state index contributed by atoms with van der Waals surface area (Å²) in [5.41, 5.74) is 1.09. The lowest BCUT2D eigenvalue weighted by atomic mass is 9.75. The SMILES string of the molecule is CN(C)CC1CN(C(=O)NCc2ccccc2)CCC1(O)c1ccccc1.Cl. The summed E-state index contributed by atoms with van der Waals surface area (Å²) in [5.74, 6) is -0.0499. The van der Waals surface area contributed by atoms with E-state index in [4.69, 9.17) is 0 Å². The topological polar surface area (TPSA) is 55.8 Å². The van der Waals surface area contributed by atoms with Crippen LogP contribution in [0.25, 0.3) is 0 Å². The molecule has 1 fully saturated rings. The number of nitrogens with one attached hydrogen (secondary N) is 1. The van der Waals surface area contributed by atoms with E-state index >= 15 is 0 Å². The number of hydrogen-bond acceptors (Lipinski definition) is 3. The lowest BCUT2D eigenvalue weighted by Gasteiger charge is -2.45. The van der Waals surface area contributed by atoms with Crippen molar-refractivity contribution in [3.63, 3.8) is 0 Å². The number of aliphatic hydroxyl groups is 1. The molecule has 2 atom stereocenters. The zero-order valence-corrected chi connectivity index (χ0v) is 17.4. The zero-order valence-electron chi connectivity index (χ0n) is 16.5. The molecule has 2 amide bonds. The minimum Gasteiger partial charge on any atom is -0.385 e. The number of carbonyl (C=O) groups is 1. The summed E-state index contributed by atoms with van der Waals surface area (Å²) in [6.45, 7) is 2.30. The molecule has 0 radical (unpaired) electrons. The van der Waals surface area contributed by atoms with Gasteiger partial charge in [-0.2, -0.15) is 0 Å². The molecular weight excluding hydrogens is 374 g/mol. The van der Waals surface area contributed by atoms with E-state index in [0.717, 1.165) is 11.1 Å². The van der Waals surface area contributed by atoms with Crippen molar-refractivity contribution >= 4 is 18.4 Å². The van der Waals surface area contributed by atoms with Crippen molar-refractivity contribution < 1.29 is 9.90 Å². The van der Waals surface area contributed by atoms with E-state index in [1.165, 1.54) is 0 Å². The van der Waals surface area contributed by atoms with E-state index in [0.29, 0.717) is 32.6 Å². The Morgan fingerprint density at radius 1 is 1.14 bits per heavy atom. The smallest absolute Gasteiger partial charge is 0.317 e. The highest BCUT2D eigenvalue weighted by atomic mass is 35.5. The van der Waals surface area contributed by atoms with Crippen LogP contribution in [0, 0.1) is 5.92 Å². The second-order valence-corrected chi connectivity index (χ2v) is 7.59. The molecule has 2 unspecified atom stereocenters. The highest BCUT2D eigenvalue weighted by Crippen LogP contribution is 2.37. The summed E-state index contributed by atoms with van der Waals surface area (Å²) >= 11 is 0. The monoisotopic (exact) mass is 403 g/mol. The summed E-state index contributed by atoms with van der Waals surface area (Å²) in [5, 5.41) is 14.5. The van der Waals surface area contributed by atoms with Crippen LogP contribution in [0.5, 0.6) is 0 Å². The Hall–Kier alpha value is -2.08. The van der Waals surface area contributed by atoms with Gasteiger partial charge in [-0.05, 0) is 31.6 Å². The number of rotatable bonds is 5. The number of nitrogens with zero attached hydrogens (tertiary/aromatic N) is 2. The summed E-state index contributed by atoms with van der Waals surface area (Å²) in [6.07, 6.45) is 0.536. The van der Waals surface area contributed by atoms with Gasteiger partial charge >= 0.3 is 6.03 Å². The number of amides is 2. The van der Waals surface area contributed by atoms with E-state index < -0.39 is 5.60 Å². The number of urea groups is 1. The average Bonchev–Trinajstić information content (AvgIpc) is 2.69. The molecule has 0 spiro atoms. The minimum atomic E-state index is -0.915. The fourth-order valence-corrected chi connectivity index (χ4v) is 3.84. The van der Waals surface area contributed by atoms with Crippen molar-refractivity contribution in [1.29, 1.82) is 0 Å². The number of likely N-dealkylation sites (tertiary alicyclic amines) is 1. The predicted molar refractivity (Wildman–Crippen MR) is 114 cm³/mol.